The van der Waals surface area contributed by atoms with Gasteiger partial charge in [-0.15, -0.1) is 0 Å². The summed E-state index contributed by atoms with van der Waals surface area (Å²) in [7, 11) is 0. The molecule has 0 radical (unpaired) electrons. The van der Waals surface area contributed by atoms with E-state index in [1.165, 1.54) is 17.1 Å². The van der Waals surface area contributed by atoms with E-state index in [-0.39, 0.29) is 0 Å². The quantitative estimate of drug-likeness (QED) is 0.843. The first-order valence-electron chi connectivity index (χ1n) is 9.00. The Hall–Kier alpha value is -2.29. The monoisotopic (exact) mass is 319 g/mol. The largest absolute Gasteiger partial charge is 0.338 e. The van der Waals surface area contributed by atoms with Crippen LogP contribution in [0.15, 0.2) is 65.7 Å². The topological polar surface area (TPSA) is 18.8 Å². The maximum atomic E-state index is 4.89. The molecule has 1 saturated heterocycles. The maximum Gasteiger partial charge on any atom is 0.197 e. The molecule has 4 rings (SSSR count). The van der Waals surface area contributed by atoms with Crippen LogP contribution in [0, 0.1) is 0 Å². The molecule has 0 N–H and O–H groups in total. The van der Waals surface area contributed by atoms with E-state index >= 15 is 0 Å². The van der Waals surface area contributed by atoms with Crippen LogP contribution >= 0.6 is 0 Å². The zero-order valence-corrected chi connectivity index (χ0v) is 14.3. The first-order chi connectivity index (χ1) is 11.8. The van der Waals surface area contributed by atoms with Crippen LogP contribution < -0.4 is 0 Å². The number of fused-ring (bicyclic) bond motifs is 1. The Balaban J connectivity index is 1.48. The molecule has 3 nitrogen and oxygen atoms in total. The van der Waals surface area contributed by atoms with Gasteiger partial charge in [-0.3, -0.25) is 4.99 Å². The molecule has 0 bridgehead atoms. The second-order valence-corrected chi connectivity index (χ2v) is 6.77. The van der Waals surface area contributed by atoms with Crippen LogP contribution in [0.3, 0.4) is 0 Å². The number of likely N-dealkylation sites (N-methyl/N-ethyl adjacent to an activating group) is 1. The van der Waals surface area contributed by atoms with E-state index in [2.05, 4.69) is 77.4 Å². The van der Waals surface area contributed by atoms with E-state index in [0.717, 1.165) is 32.5 Å². The molecule has 2 aliphatic heterocycles. The van der Waals surface area contributed by atoms with E-state index < -0.39 is 0 Å². The number of hydrogen-bond donors (Lipinski definition) is 0. The lowest BCUT2D eigenvalue weighted by Gasteiger charge is -2.23. The van der Waals surface area contributed by atoms with Crippen LogP contribution in [-0.2, 0) is 12.8 Å². The Bertz CT molecular complexity index is 696. The van der Waals surface area contributed by atoms with Gasteiger partial charge >= 0.3 is 0 Å². The van der Waals surface area contributed by atoms with Gasteiger partial charge in [0.15, 0.2) is 5.96 Å². The fourth-order valence-electron chi connectivity index (χ4n) is 4.04. The average Bonchev–Trinajstić information content (AvgIpc) is 3.16. The lowest BCUT2D eigenvalue weighted by molar-refractivity contribution is 0.320. The summed E-state index contributed by atoms with van der Waals surface area (Å²) in [5.41, 5.74) is 2.83. The van der Waals surface area contributed by atoms with Gasteiger partial charge in [0.25, 0.3) is 0 Å². The van der Waals surface area contributed by atoms with E-state index in [1.807, 2.05) is 0 Å². The number of guanidine groups is 1. The molecule has 2 aromatic rings. The molecule has 2 aromatic carbocycles. The van der Waals surface area contributed by atoms with Crippen LogP contribution in [0.1, 0.15) is 18.1 Å². The smallest absolute Gasteiger partial charge is 0.197 e. The van der Waals surface area contributed by atoms with Crippen molar-refractivity contribution >= 4 is 5.96 Å². The second-order valence-electron chi connectivity index (χ2n) is 6.77. The van der Waals surface area contributed by atoms with Gasteiger partial charge < -0.3 is 9.80 Å². The van der Waals surface area contributed by atoms with Crippen LogP contribution in [0.2, 0.25) is 0 Å². The van der Waals surface area contributed by atoms with Gasteiger partial charge in [-0.05, 0) is 30.9 Å². The van der Waals surface area contributed by atoms with Crippen molar-refractivity contribution in [2.45, 2.75) is 31.8 Å². The first-order valence-corrected chi connectivity index (χ1v) is 9.00. The van der Waals surface area contributed by atoms with Crippen molar-refractivity contribution in [3.05, 3.63) is 71.8 Å². The molecule has 0 amide bonds. The Kier molecular flexibility index (Phi) is 4.24. The SMILES string of the molecule is CCN1C2=NCC(Cc3ccccc3)N2CC1Cc1ccccc1. The first kappa shape index (κ1) is 15.3. The molecule has 2 heterocycles. The Morgan fingerprint density at radius 3 is 2.04 bits per heavy atom. The summed E-state index contributed by atoms with van der Waals surface area (Å²) in [6, 6.07) is 22.7. The molecule has 2 atom stereocenters. The molecule has 0 aliphatic carbocycles. The number of hydrogen-bond acceptors (Lipinski definition) is 3. The van der Waals surface area contributed by atoms with Crippen molar-refractivity contribution in [1.82, 2.24) is 9.80 Å². The van der Waals surface area contributed by atoms with Crippen molar-refractivity contribution < 1.29 is 0 Å². The predicted octanol–water partition coefficient (Wildman–Crippen LogP) is 3.22. The predicted molar refractivity (Wildman–Crippen MR) is 99.3 cm³/mol. The summed E-state index contributed by atoms with van der Waals surface area (Å²) in [6.07, 6.45) is 2.19. The summed E-state index contributed by atoms with van der Waals surface area (Å²) in [5, 5.41) is 0. The van der Waals surface area contributed by atoms with Crippen molar-refractivity contribution in [2.75, 3.05) is 19.6 Å². The summed E-state index contributed by atoms with van der Waals surface area (Å²) < 4.78 is 0. The number of aliphatic imine (C=N–C) groups is 1. The normalized spacial score (nSPS) is 22.6. The molecule has 1 fully saturated rings. The summed E-state index contributed by atoms with van der Waals surface area (Å²) in [6.45, 7) is 5.30. The highest BCUT2D eigenvalue weighted by atomic mass is 15.5. The fraction of sp³-hybridized carbons (Fsp3) is 0.381. The van der Waals surface area contributed by atoms with Gasteiger partial charge in [0.05, 0.1) is 18.6 Å². The summed E-state index contributed by atoms with van der Waals surface area (Å²) >= 11 is 0. The van der Waals surface area contributed by atoms with Gasteiger partial charge in [0, 0.05) is 13.1 Å². The van der Waals surface area contributed by atoms with Crippen LogP contribution in [0.25, 0.3) is 0 Å². The third kappa shape index (κ3) is 2.91. The average molecular weight is 319 g/mol. The van der Waals surface area contributed by atoms with Crippen molar-refractivity contribution in [2.24, 2.45) is 4.99 Å². The maximum absolute atomic E-state index is 4.89. The Labute approximate surface area is 144 Å². The van der Waals surface area contributed by atoms with Gasteiger partial charge in [-0.1, -0.05) is 60.7 Å². The third-order valence-corrected chi connectivity index (χ3v) is 5.22. The molecule has 2 unspecified atom stereocenters. The lowest BCUT2D eigenvalue weighted by atomic mass is 10.0. The fourth-order valence-corrected chi connectivity index (χ4v) is 4.04. The zero-order valence-electron chi connectivity index (χ0n) is 14.3. The molecular formula is C21H25N3. The summed E-state index contributed by atoms with van der Waals surface area (Å²) in [4.78, 5) is 9.93. The Morgan fingerprint density at radius 2 is 1.46 bits per heavy atom. The molecule has 0 spiro atoms. The third-order valence-electron chi connectivity index (χ3n) is 5.22. The number of rotatable bonds is 5. The van der Waals surface area contributed by atoms with Crippen LogP contribution in [0.4, 0.5) is 0 Å². The highest BCUT2D eigenvalue weighted by molar-refractivity contribution is 5.84. The van der Waals surface area contributed by atoms with Crippen molar-refractivity contribution in [3.8, 4) is 0 Å². The highest BCUT2D eigenvalue weighted by Gasteiger charge is 2.41. The minimum atomic E-state index is 0.511. The van der Waals surface area contributed by atoms with E-state index in [0.29, 0.717) is 12.1 Å². The number of nitrogens with zero attached hydrogens (tertiary/aromatic N) is 3. The van der Waals surface area contributed by atoms with Crippen LogP contribution in [0.5, 0.6) is 0 Å². The summed E-state index contributed by atoms with van der Waals surface area (Å²) in [5.74, 6) is 1.22. The molecule has 24 heavy (non-hydrogen) atoms. The van der Waals surface area contributed by atoms with Crippen molar-refractivity contribution in [3.63, 3.8) is 0 Å². The zero-order chi connectivity index (χ0) is 16.4. The van der Waals surface area contributed by atoms with E-state index in [9.17, 15) is 0 Å². The molecule has 3 heteroatoms. The van der Waals surface area contributed by atoms with Gasteiger partial charge in [0.2, 0.25) is 0 Å². The highest BCUT2D eigenvalue weighted by Crippen LogP contribution is 2.27. The molecule has 0 aromatic heterocycles. The standard InChI is InChI=1S/C21H25N3/c1-2-23-20(14-18-11-7-4-8-12-18)16-24-19(15-22-21(23)24)13-17-9-5-3-6-10-17/h3-12,19-20H,2,13-16H2,1H3. The lowest BCUT2D eigenvalue weighted by Crippen LogP contribution is -2.37. The van der Waals surface area contributed by atoms with Crippen molar-refractivity contribution in [1.29, 1.82) is 0 Å². The minimum Gasteiger partial charge on any atom is -0.338 e. The molecule has 124 valence electrons. The minimum absolute atomic E-state index is 0.511. The molecule has 2 aliphatic rings. The van der Waals surface area contributed by atoms with Gasteiger partial charge in [-0.25, -0.2) is 0 Å². The van der Waals surface area contributed by atoms with E-state index in [4.69, 9.17) is 4.99 Å². The number of benzene rings is 2. The van der Waals surface area contributed by atoms with Crippen LogP contribution in [-0.4, -0.2) is 47.5 Å². The molecule has 0 saturated carbocycles. The van der Waals surface area contributed by atoms with Gasteiger partial charge in [-0.2, -0.15) is 0 Å². The van der Waals surface area contributed by atoms with Gasteiger partial charge in [0.1, 0.15) is 0 Å². The Morgan fingerprint density at radius 1 is 0.875 bits per heavy atom. The molecular weight excluding hydrogens is 294 g/mol. The second kappa shape index (κ2) is 6.68. The van der Waals surface area contributed by atoms with E-state index in [1.54, 1.807) is 0 Å².